The third-order valence-corrected chi connectivity index (χ3v) is 2.67. The number of esters is 1. The van der Waals surface area contributed by atoms with Crippen LogP contribution in [0.25, 0.3) is 0 Å². The standard InChI is InChI=1S/C17H27N3O2/c1-6-18-16(19-7-2)20-12-13-9-8-10-14(11-13)15(21)22-17(3,4)5/h8-11H,6-7,12H2,1-5H3,(H2,18,19,20). The predicted molar refractivity (Wildman–Crippen MR) is 90.1 cm³/mol. The molecule has 0 aliphatic carbocycles. The Hall–Kier alpha value is -2.04. The fourth-order valence-electron chi connectivity index (χ4n) is 1.81. The second-order valence-electron chi connectivity index (χ2n) is 5.93. The van der Waals surface area contributed by atoms with Crippen LogP contribution >= 0.6 is 0 Å². The van der Waals surface area contributed by atoms with Crippen molar-refractivity contribution in [3.05, 3.63) is 35.4 Å². The molecule has 2 N–H and O–H groups in total. The van der Waals surface area contributed by atoms with E-state index in [2.05, 4.69) is 15.6 Å². The van der Waals surface area contributed by atoms with Crippen molar-refractivity contribution in [3.63, 3.8) is 0 Å². The first kappa shape index (κ1) is 18.0. The maximum atomic E-state index is 12.1. The Morgan fingerprint density at radius 3 is 2.36 bits per heavy atom. The van der Waals surface area contributed by atoms with Gasteiger partial charge in [-0.3, -0.25) is 0 Å². The van der Waals surface area contributed by atoms with Crippen LogP contribution in [0, 0.1) is 0 Å². The number of hydrogen-bond acceptors (Lipinski definition) is 3. The summed E-state index contributed by atoms with van der Waals surface area (Å²) < 4.78 is 5.38. The summed E-state index contributed by atoms with van der Waals surface area (Å²) in [4.78, 5) is 16.6. The van der Waals surface area contributed by atoms with E-state index >= 15 is 0 Å². The number of hydrogen-bond donors (Lipinski definition) is 2. The zero-order chi connectivity index (χ0) is 16.6. The maximum Gasteiger partial charge on any atom is 0.338 e. The Morgan fingerprint density at radius 2 is 1.82 bits per heavy atom. The van der Waals surface area contributed by atoms with E-state index < -0.39 is 5.60 Å². The largest absolute Gasteiger partial charge is 0.456 e. The summed E-state index contributed by atoms with van der Waals surface area (Å²) in [6, 6.07) is 7.39. The van der Waals surface area contributed by atoms with Crippen molar-refractivity contribution in [2.75, 3.05) is 13.1 Å². The first-order chi connectivity index (χ1) is 10.4. The molecular weight excluding hydrogens is 278 g/mol. The van der Waals surface area contributed by atoms with Gasteiger partial charge in [-0.1, -0.05) is 12.1 Å². The number of nitrogens with zero attached hydrogens (tertiary/aromatic N) is 1. The van der Waals surface area contributed by atoms with Crippen molar-refractivity contribution in [2.45, 2.75) is 46.8 Å². The lowest BCUT2D eigenvalue weighted by Gasteiger charge is -2.19. The molecule has 0 saturated carbocycles. The van der Waals surface area contributed by atoms with Crippen LogP contribution in [0.15, 0.2) is 29.3 Å². The number of carbonyl (C=O) groups excluding carboxylic acids is 1. The lowest BCUT2D eigenvalue weighted by Crippen LogP contribution is -2.36. The summed E-state index contributed by atoms with van der Waals surface area (Å²) in [6.07, 6.45) is 0. The number of carbonyl (C=O) groups is 1. The van der Waals surface area contributed by atoms with Gasteiger partial charge in [0.1, 0.15) is 5.60 Å². The summed E-state index contributed by atoms with van der Waals surface area (Å²) in [7, 11) is 0. The van der Waals surface area contributed by atoms with Crippen LogP contribution in [0.3, 0.4) is 0 Å². The molecule has 0 fully saturated rings. The highest BCUT2D eigenvalue weighted by atomic mass is 16.6. The van der Waals surface area contributed by atoms with Crippen molar-refractivity contribution in [3.8, 4) is 0 Å². The first-order valence-electron chi connectivity index (χ1n) is 7.70. The Bertz CT molecular complexity index is 511. The second kappa shape index (κ2) is 8.41. The number of rotatable bonds is 5. The molecule has 1 aromatic carbocycles. The van der Waals surface area contributed by atoms with Crippen molar-refractivity contribution in [1.82, 2.24) is 10.6 Å². The molecule has 22 heavy (non-hydrogen) atoms. The number of guanidine groups is 1. The van der Waals surface area contributed by atoms with Crippen molar-refractivity contribution in [1.29, 1.82) is 0 Å². The van der Waals surface area contributed by atoms with Crippen LogP contribution in [0.1, 0.15) is 50.5 Å². The number of nitrogens with one attached hydrogen (secondary N) is 2. The fraction of sp³-hybridized carbons (Fsp3) is 0.529. The van der Waals surface area contributed by atoms with E-state index in [1.165, 1.54) is 0 Å². The quantitative estimate of drug-likeness (QED) is 0.499. The Labute approximate surface area is 133 Å². The van der Waals surface area contributed by atoms with Crippen LogP contribution in [-0.2, 0) is 11.3 Å². The second-order valence-corrected chi connectivity index (χ2v) is 5.93. The molecule has 0 amide bonds. The third kappa shape index (κ3) is 6.61. The lowest BCUT2D eigenvalue weighted by atomic mass is 10.1. The molecule has 0 aliphatic rings. The SMILES string of the molecule is CCNC(=NCc1cccc(C(=O)OC(C)(C)C)c1)NCC. The van der Waals surface area contributed by atoms with Crippen molar-refractivity contribution >= 4 is 11.9 Å². The Balaban J connectivity index is 2.79. The van der Waals surface area contributed by atoms with Crippen molar-refractivity contribution in [2.24, 2.45) is 4.99 Å². The smallest absolute Gasteiger partial charge is 0.338 e. The predicted octanol–water partition coefficient (Wildman–Crippen LogP) is 2.72. The first-order valence-corrected chi connectivity index (χ1v) is 7.70. The molecule has 0 aromatic heterocycles. The highest BCUT2D eigenvalue weighted by Crippen LogP contribution is 2.13. The van der Waals surface area contributed by atoms with E-state index in [0.29, 0.717) is 12.1 Å². The molecule has 0 saturated heterocycles. The van der Waals surface area contributed by atoms with E-state index in [1.54, 1.807) is 6.07 Å². The van der Waals surface area contributed by atoms with E-state index in [0.717, 1.165) is 24.6 Å². The minimum atomic E-state index is -0.492. The van der Waals surface area contributed by atoms with Crippen LogP contribution in [-0.4, -0.2) is 30.6 Å². The molecule has 1 rings (SSSR count). The molecule has 0 radical (unpaired) electrons. The summed E-state index contributed by atoms with van der Waals surface area (Å²) in [5.41, 5.74) is 1.03. The van der Waals surface area contributed by atoms with Crippen molar-refractivity contribution < 1.29 is 9.53 Å². The van der Waals surface area contributed by atoms with Gasteiger partial charge in [0.25, 0.3) is 0 Å². The average Bonchev–Trinajstić information content (AvgIpc) is 2.44. The molecule has 5 nitrogen and oxygen atoms in total. The molecule has 122 valence electrons. The summed E-state index contributed by atoms with van der Waals surface area (Å²) >= 11 is 0. The summed E-state index contributed by atoms with van der Waals surface area (Å²) in [5, 5.41) is 6.34. The van der Waals surface area contributed by atoms with Crippen LogP contribution < -0.4 is 10.6 Å². The van der Waals surface area contributed by atoms with E-state index in [-0.39, 0.29) is 5.97 Å². The lowest BCUT2D eigenvalue weighted by molar-refractivity contribution is 0.00694. The minimum absolute atomic E-state index is 0.308. The molecule has 0 unspecified atom stereocenters. The topological polar surface area (TPSA) is 62.7 Å². The van der Waals surface area contributed by atoms with Gasteiger partial charge in [-0.05, 0) is 52.3 Å². The van der Waals surface area contributed by atoms with Gasteiger partial charge in [-0.15, -0.1) is 0 Å². The third-order valence-electron chi connectivity index (χ3n) is 2.67. The molecule has 1 aromatic rings. The fourth-order valence-corrected chi connectivity index (χ4v) is 1.81. The van der Waals surface area contributed by atoms with Gasteiger partial charge in [0.15, 0.2) is 5.96 Å². The van der Waals surface area contributed by atoms with Crippen LogP contribution in [0.5, 0.6) is 0 Å². The van der Waals surface area contributed by atoms with E-state index in [9.17, 15) is 4.79 Å². The average molecular weight is 305 g/mol. The van der Waals surface area contributed by atoms with Gasteiger partial charge in [-0.2, -0.15) is 0 Å². The minimum Gasteiger partial charge on any atom is -0.456 e. The summed E-state index contributed by atoms with van der Waals surface area (Å²) in [5.74, 6) is 0.463. The van der Waals surface area contributed by atoms with Gasteiger partial charge in [-0.25, -0.2) is 9.79 Å². The number of ether oxygens (including phenoxy) is 1. The maximum absolute atomic E-state index is 12.1. The zero-order valence-electron chi connectivity index (χ0n) is 14.2. The van der Waals surface area contributed by atoms with E-state index in [4.69, 9.17) is 4.74 Å². The molecule has 0 bridgehead atoms. The monoisotopic (exact) mass is 305 g/mol. The van der Waals surface area contributed by atoms with Gasteiger partial charge in [0.05, 0.1) is 12.1 Å². The molecule has 0 heterocycles. The highest BCUT2D eigenvalue weighted by molar-refractivity contribution is 5.89. The van der Waals surface area contributed by atoms with Gasteiger partial charge >= 0.3 is 5.97 Å². The molecule has 0 aliphatic heterocycles. The van der Waals surface area contributed by atoms with Gasteiger partial charge in [0.2, 0.25) is 0 Å². The van der Waals surface area contributed by atoms with Gasteiger partial charge in [0, 0.05) is 13.1 Å². The van der Waals surface area contributed by atoms with Crippen LogP contribution in [0.2, 0.25) is 0 Å². The molecular formula is C17H27N3O2. The van der Waals surface area contributed by atoms with E-state index in [1.807, 2.05) is 52.8 Å². The highest BCUT2D eigenvalue weighted by Gasteiger charge is 2.17. The molecule has 0 spiro atoms. The van der Waals surface area contributed by atoms with Crippen LogP contribution in [0.4, 0.5) is 0 Å². The molecule has 0 atom stereocenters. The summed E-state index contributed by atoms with van der Waals surface area (Å²) in [6.45, 7) is 11.7. The van der Waals surface area contributed by atoms with Gasteiger partial charge < -0.3 is 15.4 Å². The normalized spacial score (nSPS) is 10.8. The number of aliphatic imine (C=N–C) groups is 1. The number of benzene rings is 1. The molecule has 5 heteroatoms. The Kier molecular flexibility index (Phi) is 6.89. The Morgan fingerprint density at radius 1 is 1.18 bits per heavy atom. The zero-order valence-corrected chi connectivity index (χ0v) is 14.2.